The summed E-state index contributed by atoms with van der Waals surface area (Å²) in [4.78, 5) is 14.6. The lowest BCUT2D eigenvalue weighted by Gasteiger charge is -2.14. The minimum absolute atomic E-state index is 0.0544. The molecule has 152 valence electrons. The molecule has 0 aliphatic carbocycles. The third-order valence-electron chi connectivity index (χ3n) is 4.46. The summed E-state index contributed by atoms with van der Waals surface area (Å²) >= 11 is 6.46. The summed E-state index contributed by atoms with van der Waals surface area (Å²) in [5.41, 5.74) is 0.112. The third-order valence-corrected chi connectivity index (χ3v) is 5.83. The highest BCUT2D eigenvalue weighted by Gasteiger charge is 2.34. The Morgan fingerprint density at radius 3 is 2.43 bits per heavy atom. The van der Waals surface area contributed by atoms with Gasteiger partial charge in [-0.05, 0) is 23.8 Å². The number of alkyl halides is 3. The monoisotopic (exact) mass is 445 g/mol. The number of thioether (sulfide) groups is 1. The van der Waals surface area contributed by atoms with Crippen molar-refractivity contribution in [1.29, 1.82) is 0 Å². The molecule has 1 aromatic heterocycles. The number of nitrogens with zero attached hydrogens (tertiary/aromatic N) is 1. The van der Waals surface area contributed by atoms with Crippen molar-refractivity contribution in [2.24, 2.45) is 0 Å². The van der Waals surface area contributed by atoms with Gasteiger partial charge in [0.05, 0.1) is 17.0 Å². The molecular formula is C22H14F3NO2S2. The van der Waals surface area contributed by atoms with Crippen molar-refractivity contribution in [2.45, 2.75) is 12.7 Å². The van der Waals surface area contributed by atoms with Gasteiger partial charge in [0, 0.05) is 11.6 Å². The van der Waals surface area contributed by atoms with E-state index in [2.05, 4.69) is 0 Å². The smallest absolute Gasteiger partial charge is 0.417 e. The highest BCUT2D eigenvalue weighted by Crippen LogP contribution is 2.38. The first-order valence-electron chi connectivity index (χ1n) is 8.88. The Morgan fingerprint density at radius 2 is 1.70 bits per heavy atom. The maximum atomic E-state index is 13.3. The van der Waals surface area contributed by atoms with Crippen LogP contribution in [0.3, 0.4) is 0 Å². The van der Waals surface area contributed by atoms with Crippen LogP contribution in [0.25, 0.3) is 17.4 Å². The highest BCUT2D eigenvalue weighted by atomic mass is 32.2. The lowest BCUT2D eigenvalue weighted by atomic mass is 10.1. The van der Waals surface area contributed by atoms with Gasteiger partial charge in [0.25, 0.3) is 5.91 Å². The first-order chi connectivity index (χ1) is 14.3. The van der Waals surface area contributed by atoms with E-state index in [0.717, 1.165) is 23.4 Å². The van der Waals surface area contributed by atoms with E-state index in [1.807, 2.05) is 30.3 Å². The van der Waals surface area contributed by atoms with Crippen LogP contribution < -0.4 is 0 Å². The number of furan rings is 1. The molecule has 3 nitrogen and oxygen atoms in total. The molecule has 3 aromatic rings. The molecule has 0 spiro atoms. The molecule has 1 fully saturated rings. The summed E-state index contributed by atoms with van der Waals surface area (Å²) in [5, 5.41) is 0. The lowest BCUT2D eigenvalue weighted by molar-refractivity contribution is -0.137. The molecule has 1 aliphatic rings. The van der Waals surface area contributed by atoms with E-state index in [1.54, 1.807) is 0 Å². The zero-order valence-corrected chi connectivity index (χ0v) is 17.0. The van der Waals surface area contributed by atoms with Crippen molar-refractivity contribution in [3.63, 3.8) is 0 Å². The van der Waals surface area contributed by atoms with Crippen LogP contribution in [0.1, 0.15) is 16.9 Å². The fraction of sp³-hybridized carbons (Fsp3) is 0.0909. The summed E-state index contributed by atoms with van der Waals surface area (Å²) in [5.74, 6) is 0.0959. The second-order valence-electron chi connectivity index (χ2n) is 6.50. The average Bonchev–Trinajstić information content (AvgIpc) is 3.29. The van der Waals surface area contributed by atoms with Gasteiger partial charge in [-0.25, -0.2) is 0 Å². The molecule has 0 radical (unpaired) electrons. The van der Waals surface area contributed by atoms with Crippen LogP contribution in [-0.2, 0) is 17.5 Å². The molecule has 1 amide bonds. The van der Waals surface area contributed by atoms with Gasteiger partial charge in [-0.2, -0.15) is 13.2 Å². The van der Waals surface area contributed by atoms with Gasteiger partial charge in [-0.3, -0.25) is 9.69 Å². The summed E-state index contributed by atoms with van der Waals surface area (Å²) in [6.45, 7) is 0.352. The highest BCUT2D eigenvalue weighted by molar-refractivity contribution is 8.26. The van der Waals surface area contributed by atoms with Gasteiger partial charge in [0.1, 0.15) is 15.8 Å². The van der Waals surface area contributed by atoms with Crippen molar-refractivity contribution in [2.75, 3.05) is 0 Å². The molecular weight excluding hydrogens is 431 g/mol. The maximum Gasteiger partial charge on any atom is 0.417 e. The quantitative estimate of drug-likeness (QED) is 0.345. The van der Waals surface area contributed by atoms with Crippen molar-refractivity contribution >= 4 is 40.3 Å². The van der Waals surface area contributed by atoms with Gasteiger partial charge in [-0.1, -0.05) is 72.5 Å². The molecule has 2 aromatic carbocycles. The van der Waals surface area contributed by atoms with Crippen molar-refractivity contribution in [3.05, 3.63) is 88.5 Å². The van der Waals surface area contributed by atoms with E-state index in [4.69, 9.17) is 16.6 Å². The second kappa shape index (κ2) is 8.12. The van der Waals surface area contributed by atoms with E-state index in [-0.39, 0.29) is 23.0 Å². The summed E-state index contributed by atoms with van der Waals surface area (Å²) < 4.78 is 45.8. The van der Waals surface area contributed by atoms with Crippen LogP contribution in [0, 0.1) is 0 Å². The van der Waals surface area contributed by atoms with Gasteiger partial charge >= 0.3 is 6.18 Å². The van der Waals surface area contributed by atoms with Crippen LogP contribution in [0.4, 0.5) is 13.2 Å². The maximum absolute atomic E-state index is 13.3. The minimum atomic E-state index is -4.50. The van der Waals surface area contributed by atoms with Crippen LogP contribution in [0.5, 0.6) is 0 Å². The Balaban J connectivity index is 1.58. The fourth-order valence-electron chi connectivity index (χ4n) is 3.05. The zero-order valence-electron chi connectivity index (χ0n) is 15.3. The number of carbonyl (C=O) groups is 1. The minimum Gasteiger partial charge on any atom is -0.457 e. The second-order valence-corrected chi connectivity index (χ2v) is 8.17. The fourth-order valence-corrected chi connectivity index (χ4v) is 4.29. The first kappa shape index (κ1) is 20.4. The lowest BCUT2D eigenvalue weighted by Crippen LogP contribution is -2.27. The molecule has 0 saturated carbocycles. The number of hydrogen-bond acceptors (Lipinski definition) is 4. The van der Waals surface area contributed by atoms with Gasteiger partial charge in [-0.15, -0.1) is 0 Å². The Hall–Kier alpha value is -2.84. The van der Waals surface area contributed by atoms with E-state index in [1.165, 1.54) is 41.3 Å². The number of benzene rings is 2. The molecule has 0 bridgehead atoms. The van der Waals surface area contributed by atoms with Crippen molar-refractivity contribution in [1.82, 2.24) is 4.90 Å². The van der Waals surface area contributed by atoms with Crippen LogP contribution in [0.2, 0.25) is 0 Å². The molecule has 1 aliphatic heterocycles. The zero-order chi connectivity index (χ0) is 21.3. The van der Waals surface area contributed by atoms with E-state index < -0.39 is 11.7 Å². The molecule has 1 saturated heterocycles. The number of hydrogen-bond donors (Lipinski definition) is 0. The molecule has 0 atom stereocenters. The topological polar surface area (TPSA) is 33.5 Å². The molecule has 8 heteroatoms. The molecule has 30 heavy (non-hydrogen) atoms. The SMILES string of the molecule is O=C1/C(=C/c2ccc(-c3ccccc3C(F)(F)F)o2)SC(=S)N1Cc1ccccc1. The summed E-state index contributed by atoms with van der Waals surface area (Å²) in [6.07, 6.45) is -2.99. The predicted octanol–water partition coefficient (Wildman–Crippen LogP) is 6.37. The van der Waals surface area contributed by atoms with Crippen LogP contribution >= 0.6 is 24.0 Å². The van der Waals surface area contributed by atoms with Crippen LogP contribution in [0.15, 0.2) is 76.1 Å². The van der Waals surface area contributed by atoms with E-state index in [9.17, 15) is 18.0 Å². The number of amides is 1. The van der Waals surface area contributed by atoms with Crippen LogP contribution in [-0.4, -0.2) is 15.1 Å². The molecule has 0 N–H and O–H groups in total. The van der Waals surface area contributed by atoms with Crippen molar-refractivity contribution < 1.29 is 22.4 Å². The number of thiocarbonyl (C=S) groups is 1. The normalized spacial score (nSPS) is 16.0. The van der Waals surface area contributed by atoms with E-state index in [0.29, 0.717) is 15.8 Å². The van der Waals surface area contributed by atoms with Crippen molar-refractivity contribution in [3.8, 4) is 11.3 Å². The Labute approximate surface area is 180 Å². The number of carbonyl (C=O) groups excluding carboxylic acids is 1. The molecule has 2 heterocycles. The largest absolute Gasteiger partial charge is 0.457 e. The Kier molecular flexibility index (Phi) is 5.53. The Bertz CT molecular complexity index is 1140. The average molecular weight is 445 g/mol. The van der Waals surface area contributed by atoms with E-state index >= 15 is 0 Å². The Morgan fingerprint density at radius 1 is 1.00 bits per heavy atom. The van der Waals surface area contributed by atoms with Gasteiger partial charge in [0.2, 0.25) is 0 Å². The first-order valence-corrected chi connectivity index (χ1v) is 10.1. The number of rotatable bonds is 4. The molecule has 4 rings (SSSR count). The number of halogens is 3. The standard InChI is InChI=1S/C22H14F3NO2S2/c23-22(24,25)17-9-5-4-8-16(17)18-11-10-15(28-18)12-19-20(27)26(21(29)30-19)13-14-6-2-1-3-7-14/h1-12H,13H2/b19-12-. The summed E-state index contributed by atoms with van der Waals surface area (Å²) in [6, 6.07) is 17.6. The third kappa shape index (κ3) is 4.20. The van der Waals surface area contributed by atoms with Gasteiger partial charge < -0.3 is 4.42 Å². The molecule has 0 unspecified atom stereocenters. The van der Waals surface area contributed by atoms with Gasteiger partial charge in [0.15, 0.2) is 0 Å². The summed E-state index contributed by atoms with van der Waals surface area (Å²) in [7, 11) is 0. The predicted molar refractivity (Wildman–Crippen MR) is 114 cm³/mol.